The molecular weight excluding hydrogens is 180 g/mol. The molecule has 0 fully saturated rings. The van der Waals surface area contributed by atoms with Gasteiger partial charge in [-0.2, -0.15) is 5.26 Å². The molecule has 1 rings (SSSR count). The van der Waals surface area contributed by atoms with E-state index in [4.69, 9.17) is 10.00 Å². The summed E-state index contributed by atoms with van der Waals surface area (Å²) in [4.78, 5) is 7.74. The first-order valence-electron chi connectivity index (χ1n) is 4.43. The highest BCUT2D eigenvalue weighted by Crippen LogP contribution is 2.08. The number of nitrogens with zero attached hydrogens (tertiary/aromatic N) is 3. The van der Waals surface area contributed by atoms with Crippen LogP contribution in [0.15, 0.2) is 12.4 Å². The molecule has 1 N–H and O–H groups in total. The summed E-state index contributed by atoms with van der Waals surface area (Å²) in [5.74, 6) is 0.299. The van der Waals surface area contributed by atoms with Gasteiger partial charge in [0, 0.05) is 18.9 Å². The van der Waals surface area contributed by atoms with Crippen molar-refractivity contribution in [3.8, 4) is 11.9 Å². The fourth-order valence-electron chi connectivity index (χ4n) is 0.904. The van der Waals surface area contributed by atoms with Gasteiger partial charge in [-0.05, 0) is 6.54 Å². The molecule has 14 heavy (non-hydrogen) atoms. The Hall–Kier alpha value is -1.67. The van der Waals surface area contributed by atoms with Gasteiger partial charge in [-0.15, -0.1) is 0 Å². The van der Waals surface area contributed by atoms with Crippen LogP contribution in [0, 0.1) is 11.3 Å². The number of hydrogen-bond acceptors (Lipinski definition) is 5. The topological polar surface area (TPSA) is 70.8 Å². The van der Waals surface area contributed by atoms with Crippen LogP contribution in [0.25, 0.3) is 0 Å². The zero-order valence-corrected chi connectivity index (χ0v) is 8.03. The Morgan fingerprint density at radius 1 is 1.50 bits per heavy atom. The van der Waals surface area contributed by atoms with Crippen LogP contribution in [0.4, 0.5) is 0 Å². The van der Waals surface area contributed by atoms with Gasteiger partial charge < -0.3 is 10.1 Å². The maximum absolute atomic E-state index is 8.67. The summed E-state index contributed by atoms with van der Waals surface area (Å²) in [5.41, 5.74) is 0.226. The van der Waals surface area contributed by atoms with E-state index in [2.05, 4.69) is 15.3 Å². The van der Waals surface area contributed by atoms with Gasteiger partial charge in [-0.25, -0.2) is 9.97 Å². The van der Waals surface area contributed by atoms with Crippen molar-refractivity contribution < 1.29 is 4.74 Å². The smallest absolute Gasteiger partial charge is 0.251 e. The number of nitrogens with one attached hydrogen (secondary N) is 1. The Morgan fingerprint density at radius 2 is 2.29 bits per heavy atom. The summed E-state index contributed by atoms with van der Waals surface area (Å²) >= 11 is 0. The number of rotatable bonds is 5. The molecule has 0 radical (unpaired) electrons. The quantitative estimate of drug-likeness (QED) is 0.681. The zero-order valence-electron chi connectivity index (χ0n) is 8.03. The predicted octanol–water partition coefficient (Wildman–Crippen LogP) is 0.337. The van der Waals surface area contributed by atoms with Crippen molar-refractivity contribution in [2.45, 2.75) is 6.92 Å². The van der Waals surface area contributed by atoms with Crippen molar-refractivity contribution in [3.05, 3.63) is 18.1 Å². The molecule has 1 heterocycles. The second-order valence-electron chi connectivity index (χ2n) is 2.52. The SMILES string of the molecule is CCNCCOc1nccnc1C#N. The number of likely N-dealkylation sites (N-methyl/N-ethyl adjacent to an activating group) is 1. The van der Waals surface area contributed by atoms with Crippen molar-refractivity contribution in [1.82, 2.24) is 15.3 Å². The molecule has 0 atom stereocenters. The molecule has 0 bridgehead atoms. The highest BCUT2D eigenvalue weighted by atomic mass is 16.5. The average molecular weight is 192 g/mol. The normalized spacial score (nSPS) is 9.43. The molecule has 5 heteroatoms. The number of aromatic nitrogens is 2. The summed E-state index contributed by atoms with van der Waals surface area (Å²) < 4.78 is 5.27. The van der Waals surface area contributed by atoms with Crippen LogP contribution >= 0.6 is 0 Å². The monoisotopic (exact) mass is 192 g/mol. The van der Waals surface area contributed by atoms with Crippen molar-refractivity contribution >= 4 is 0 Å². The first-order valence-corrected chi connectivity index (χ1v) is 4.43. The molecule has 5 nitrogen and oxygen atoms in total. The van der Waals surface area contributed by atoms with Crippen LogP contribution in [0.1, 0.15) is 12.6 Å². The molecule has 0 aliphatic rings. The Balaban J connectivity index is 2.46. The fraction of sp³-hybridized carbons (Fsp3) is 0.444. The highest BCUT2D eigenvalue weighted by Gasteiger charge is 2.03. The molecule has 0 aromatic carbocycles. The molecule has 1 aromatic rings. The lowest BCUT2D eigenvalue weighted by molar-refractivity contribution is 0.301. The van der Waals surface area contributed by atoms with Gasteiger partial charge in [0.1, 0.15) is 12.7 Å². The van der Waals surface area contributed by atoms with E-state index in [9.17, 15) is 0 Å². The second kappa shape index (κ2) is 5.89. The number of ether oxygens (including phenoxy) is 1. The molecule has 0 saturated heterocycles. The van der Waals surface area contributed by atoms with E-state index < -0.39 is 0 Å². The first kappa shape index (κ1) is 10.4. The number of hydrogen-bond donors (Lipinski definition) is 1. The van der Waals surface area contributed by atoms with Crippen molar-refractivity contribution in [1.29, 1.82) is 5.26 Å². The highest BCUT2D eigenvalue weighted by molar-refractivity contribution is 5.29. The van der Waals surface area contributed by atoms with Gasteiger partial charge in [-0.1, -0.05) is 6.92 Å². The van der Waals surface area contributed by atoms with Crippen LogP contribution in [-0.4, -0.2) is 29.7 Å². The molecule has 0 aliphatic heterocycles. The summed E-state index contributed by atoms with van der Waals surface area (Å²) in [7, 11) is 0. The van der Waals surface area contributed by atoms with E-state index in [1.54, 1.807) is 0 Å². The second-order valence-corrected chi connectivity index (χ2v) is 2.52. The van der Waals surface area contributed by atoms with Gasteiger partial charge in [0.25, 0.3) is 5.88 Å². The van der Waals surface area contributed by atoms with Gasteiger partial charge in [0.2, 0.25) is 5.69 Å². The fourth-order valence-corrected chi connectivity index (χ4v) is 0.904. The molecule has 0 spiro atoms. The Morgan fingerprint density at radius 3 is 3.00 bits per heavy atom. The van der Waals surface area contributed by atoms with Gasteiger partial charge in [0.15, 0.2) is 0 Å². The van der Waals surface area contributed by atoms with Gasteiger partial charge in [-0.3, -0.25) is 0 Å². The summed E-state index contributed by atoms with van der Waals surface area (Å²) in [6, 6.07) is 1.92. The van der Waals surface area contributed by atoms with Crippen LogP contribution in [-0.2, 0) is 0 Å². The summed E-state index contributed by atoms with van der Waals surface area (Å²) in [5, 5.41) is 11.8. The lowest BCUT2D eigenvalue weighted by Crippen LogP contribution is -2.20. The minimum atomic E-state index is 0.226. The minimum absolute atomic E-state index is 0.226. The van der Waals surface area contributed by atoms with Gasteiger partial charge in [0.05, 0.1) is 0 Å². The van der Waals surface area contributed by atoms with E-state index >= 15 is 0 Å². The van der Waals surface area contributed by atoms with Crippen molar-refractivity contribution in [2.75, 3.05) is 19.7 Å². The third kappa shape index (κ3) is 2.99. The van der Waals surface area contributed by atoms with Crippen LogP contribution < -0.4 is 10.1 Å². The number of nitriles is 1. The summed E-state index contributed by atoms with van der Waals surface area (Å²) in [6.45, 7) is 4.14. The van der Waals surface area contributed by atoms with E-state index in [1.807, 2.05) is 13.0 Å². The third-order valence-electron chi connectivity index (χ3n) is 1.54. The zero-order chi connectivity index (χ0) is 10.2. The third-order valence-corrected chi connectivity index (χ3v) is 1.54. The Kier molecular flexibility index (Phi) is 4.38. The Labute approximate surface area is 82.8 Å². The molecule has 74 valence electrons. The molecule has 0 unspecified atom stereocenters. The Bertz CT molecular complexity index is 321. The lowest BCUT2D eigenvalue weighted by atomic mass is 10.5. The predicted molar refractivity (Wildman–Crippen MR) is 50.8 cm³/mol. The molecule has 1 aromatic heterocycles. The first-order chi connectivity index (χ1) is 6.88. The molecular formula is C9H12N4O. The lowest BCUT2D eigenvalue weighted by Gasteiger charge is -2.05. The van der Waals surface area contributed by atoms with Crippen molar-refractivity contribution in [2.24, 2.45) is 0 Å². The van der Waals surface area contributed by atoms with Crippen LogP contribution in [0.5, 0.6) is 5.88 Å². The van der Waals surface area contributed by atoms with Crippen molar-refractivity contribution in [3.63, 3.8) is 0 Å². The summed E-state index contributed by atoms with van der Waals surface area (Å²) in [6.07, 6.45) is 2.97. The standard InChI is InChI=1S/C9H12N4O/c1-2-11-5-6-14-9-8(7-10)12-3-4-13-9/h3-4,11H,2,5-6H2,1H3. The minimum Gasteiger partial charge on any atom is -0.474 e. The maximum Gasteiger partial charge on any atom is 0.251 e. The van der Waals surface area contributed by atoms with E-state index in [-0.39, 0.29) is 5.69 Å². The molecule has 0 saturated carbocycles. The van der Waals surface area contributed by atoms with E-state index in [0.717, 1.165) is 13.1 Å². The molecule has 0 amide bonds. The maximum atomic E-state index is 8.67. The van der Waals surface area contributed by atoms with E-state index in [0.29, 0.717) is 12.5 Å². The van der Waals surface area contributed by atoms with E-state index in [1.165, 1.54) is 12.4 Å². The van der Waals surface area contributed by atoms with Crippen LogP contribution in [0.3, 0.4) is 0 Å². The largest absolute Gasteiger partial charge is 0.474 e. The van der Waals surface area contributed by atoms with Crippen LogP contribution in [0.2, 0.25) is 0 Å². The molecule has 0 aliphatic carbocycles. The van der Waals surface area contributed by atoms with Gasteiger partial charge >= 0.3 is 0 Å². The average Bonchev–Trinajstić information content (AvgIpc) is 2.25.